The first kappa shape index (κ1) is 12.0. The Kier molecular flexibility index (Phi) is 5.56. The molecule has 1 rings (SSSR count). The Morgan fingerprint density at radius 1 is 1.00 bits per heavy atom. The predicted molar refractivity (Wildman–Crippen MR) is 56.0 cm³/mol. The van der Waals surface area contributed by atoms with Gasteiger partial charge in [-0.05, 0) is 30.6 Å². The second-order valence-corrected chi connectivity index (χ2v) is 4.08. The molecule has 0 radical (unpaired) electrons. The van der Waals surface area contributed by atoms with E-state index in [0.717, 1.165) is 17.8 Å². The van der Waals surface area contributed by atoms with Crippen molar-refractivity contribution in [1.29, 1.82) is 0 Å². The standard InChI is InChI=1S/C9H19N.C2H6/c1-6-4-7(2)8(3)9(10)5-6;1-2/h6-9H,4-5,10H2,1-3H3;1-2H3. The molecule has 0 amide bonds. The van der Waals surface area contributed by atoms with E-state index in [1.807, 2.05) is 13.8 Å². The Morgan fingerprint density at radius 3 is 1.92 bits per heavy atom. The highest BCUT2D eigenvalue weighted by Crippen LogP contribution is 2.31. The minimum absolute atomic E-state index is 0.457. The quantitative estimate of drug-likeness (QED) is 0.595. The number of nitrogens with two attached hydrogens (primary N) is 1. The third-order valence-corrected chi connectivity index (χ3v) is 3.02. The van der Waals surface area contributed by atoms with Crippen molar-refractivity contribution in [1.82, 2.24) is 0 Å². The van der Waals surface area contributed by atoms with Gasteiger partial charge in [-0.15, -0.1) is 0 Å². The summed E-state index contributed by atoms with van der Waals surface area (Å²) in [6.45, 7) is 10.9. The maximum atomic E-state index is 5.96. The molecule has 4 atom stereocenters. The van der Waals surface area contributed by atoms with Crippen LogP contribution in [0.1, 0.15) is 47.5 Å². The van der Waals surface area contributed by atoms with Gasteiger partial charge in [-0.2, -0.15) is 0 Å². The van der Waals surface area contributed by atoms with E-state index in [1.165, 1.54) is 12.8 Å². The van der Waals surface area contributed by atoms with Crippen molar-refractivity contribution in [3.05, 3.63) is 0 Å². The van der Waals surface area contributed by atoms with E-state index in [2.05, 4.69) is 20.8 Å². The zero-order chi connectivity index (χ0) is 9.72. The highest BCUT2D eigenvalue weighted by Gasteiger charge is 2.27. The first-order valence-corrected chi connectivity index (χ1v) is 5.37. The summed E-state index contributed by atoms with van der Waals surface area (Å²) in [4.78, 5) is 0. The average molecular weight is 171 g/mol. The van der Waals surface area contributed by atoms with Crippen molar-refractivity contribution in [3.63, 3.8) is 0 Å². The average Bonchev–Trinajstić information content (AvgIpc) is 2.04. The summed E-state index contributed by atoms with van der Waals surface area (Å²) < 4.78 is 0. The lowest BCUT2D eigenvalue weighted by Crippen LogP contribution is -2.38. The summed E-state index contributed by atoms with van der Waals surface area (Å²) in [5.74, 6) is 2.41. The van der Waals surface area contributed by atoms with Crippen LogP contribution in [0.15, 0.2) is 0 Å². The fraction of sp³-hybridized carbons (Fsp3) is 1.00. The summed E-state index contributed by atoms with van der Waals surface area (Å²) in [6, 6.07) is 0.457. The van der Waals surface area contributed by atoms with Gasteiger partial charge in [-0.25, -0.2) is 0 Å². The molecule has 0 spiro atoms. The van der Waals surface area contributed by atoms with Gasteiger partial charge in [0.25, 0.3) is 0 Å². The van der Waals surface area contributed by atoms with E-state index in [9.17, 15) is 0 Å². The highest BCUT2D eigenvalue weighted by molar-refractivity contribution is 4.82. The lowest BCUT2D eigenvalue weighted by molar-refractivity contribution is 0.189. The Balaban J connectivity index is 0.000000561. The van der Waals surface area contributed by atoms with Crippen LogP contribution in [0.25, 0.3) is 0 Å². The van der Waals surface area contributed by atoms with Crippen LogP contribution in [0.3, 0.4) is 0 Å². The smallest absolute Gasteiger partial charge is 0.00696 e. The van der Waals surface area contributed by atoms with Gasteiger partial charge in [0.1, 0.15) is 0 Å². The normalized spacial score (nSPS) is 41.5. The fourth-order valence-corrected chi connectivity index (χ4v) is 2.05. The molecule has 1 aliphatic rings. The van der Waals surface area contributed by atoms with Gasteiger partial charge in [0.15, 0.2) is 0 Å². The SMILES string of the molecule is CC.CC1CC(C)C(C)C(N)C1. The number of hydrogen-bond donors (Lipinski definition) is 1. The molecule has 1 fully saturated rings. The molecule has 0 heterocycles. The van der Waals surface area contributed by atoms with Gasteiger partial charge in [-0.1, -0.05) is 34.6 Å². The lowest BCUT2D eigenvalue weighted by Gasteiger charge is -2.35. The Morgan fingerprint density at radius 2 is 1.50 bits per heavy atom. The molecule has 0 aromatic heterocycles. The molecule has 1 aliphatic carbocycles. The van der Waals surface area contributed by atoms with E-state index < -0.39 is 0 Å². The zero-order valence-electron chi connectivity index (χ0n) is 9.30. The monoisotopic (exact) mass is 171 g/mol. The molecule has 4 unspecified atom stereocenters. The number of rotatable bonds is 0. The minimum Gasteiger partial charge on any atom is -0.327 e. The maximum Gasteiger partial charge on any atom is 0.00696 e. The van der Waals surface area contributed by atoms with Gasteiger partial charge in [-0.3, -0.25) is 0 Å². The molecule has 1 heteroatoms. The van der Waals surface area contributed by atoms with Crippen LogP contribution in [0.4, 0.5) is 0 Å². The number of hydrogen-bond acceptors (Lipinski definition) is 1. The summed E-state index contributed by atoms with van der Waals surface area (Å²) in [6.07, 6.45) is 2.60. The third-order valence-electron chi connectivity index (χ3n) is 3.02. The molecule has 2 N–H and O–H groups in total. The fourth-order valence-electron chi connectivity index (χ4n) is 2.05. The molecule has 0 saturated heterocycles. The summed E-state index contributed by atoms with van der Waals surface area (Å²) in [5, 5.41) is 0. The second-order valence-electron chi connectivity index (χ2n) is 4.08. The predicted octanol–water partition coefficient (Wildman–Crippen LogP) is 3.04. The molecule has 74 valence electrons. The second kappa shape index (κ2) is 5.58. The van der Waals surface area contributed by atoms with Crippen LogP contribution in [0.2, 0.25) is 0 Å². The Hall–Kier alpha value is -0.0400. The van der Waals surface area contributed by atoms with Gasteiger partial charge in [0.05, 0.1) is 0 Å². The van der Waals surface area contributed by atoms with Crippen LogP contribution in [0.5, 0.6) is 0 Å². The molecule has 0 aromatic carbocycles. The van der Waals surface area contributed by atoms with Crippen LogP contribution in [0, 0.1) is 17.8 Å². The zero-order valence-corrected chi connectivity index (χ0v) is 9.30. The van der Waals surface area contributed by atoms with Gasteiger partial charge >= 0.3 is 0 Å². The minimum atomic E-state index is 0.457. The highest BCUT2D eigenvalue weighted by atomic mass is 14.7. The van der Waals surface area contributed by atoms with Crippen molar-refractivity contribution >= 4 is 0 Å². The summed E-state index contributed by atoms with van der Waals surface area (Å²) in [5.41, 5.74) is 5.96. The molecule has 0 aliphatic heterocycles. The first-order chi connectivity index (χ1) is 5.61. The van der Waals surface area contributed by atoms with Crippen molar-refractivity contribution in [2.24, 2.45) is 23.5 Å². The Bertz CT molecular complexity index is 99.6. The van der Waals surface area contributed by atoms with Crippen molar-refractivity contribution in [3.8, 4) is 0 Å². The van der Waals surface area contributed by atoms with Crippen molar-refractivity contribution < 1.29 is 0 Å². The molecule has 1 saturated carbocycles. The maximum absolute atomic E-state index is 5.96. The van der Waals surface area contributed by atoms with E-state index in [4.69, 9.17) is 5.73 Å². The largest absolute Gasteiger partial charge is 0.327 e. The van der Waals surface area contributed by atoms with E-state index in [-0.39, 0.29) is 0 Å². The molecule has 0 aromatic rings. The third kappa shape index (κ3) is 3.14. The van der Waals surface area contributed by atoms with E-state index in [0.29, 0.717) is 6.04 Å². The topological polar surface area (TPSA) is 26.0 Å². The van der Waals surface area contributed by atoms with Gasteiger partial charge in [0.2, 0.25) is 0 Å². The first-order valence-electron chi connectivity index (χ1n) is 5.37. The van der Waals surface area contributed by atoms with Crippen molar-refractivity contribution in [2.45, 2.75) is 53.5 Å². The van der Waals surface area contributed by atoms with Gasteiger partial charge < -0.3 is 5.73 Å². The van der Waals surface area contributed by atoms with Gasteiger partial charge in [0, 0.05) is 6.04 Å². The molecule has 12 heavy (non-hydrogen) atoms. The van der Waals surface area contributed by atoms with Crippen molar-refractivity contribution in [2.75, 3.05) is 0 Å². The van der Waals surface area contributed by atoms with Crippen LogP contribution >= 0.6 is 0 Å². The van der Waals surface area contributed by atoms with Crippen LogP contribution < -0.4 is 5.73 Å². The molecule has 1 nitrogen and oxygen atoms in total. The van der Waals surface area contributed by atoms with Crippen LogP contribution in [-0.2, 0) is 0 Å². The van der Waals surface area contributed by atoms with E-state index in [1.54, 1.807) is 0 Å². The Labute approximate surface area is 77.7 Å². The lowest BCUT2D eigenvalue weighted by atomic mass is 9.74. The van der Waals surface area contributed by atoms with E-state index >= 15 is 0 Å². The molecule has 0 bridgehead atoms. The molecular weight excluding hydrogens is 146 g/mol. The summed E-state index contributed by atoms with van der Waals surface area (Å²) >= 11 is 0. The molecular formula is C11H25N. The summed E-state index contributed by atoms with van der Waals surface area (Å²) in [7, 11) is 0. The van der Waals surface area contributed by atoms with Crippen LogP contribution in [-0.4, -0.2) is 6.04 Å².